The van der Waals surface area contributed by atoms with E-state index >= 15 is 0 Å². The summed E-state index contributed by atoms with van der Waals surface area (Å²) in [6, 6.07) is 7.27. The molecule has 0 aliphatic carbocycles. The van der Waals surface area contributed by atoms with Crippen LogP contribution in [0.5, 0.6) is 5.75 Å². The Balaban J connectivity index is 2.34. The Bertz CT molecular complexity index is 498. The number of nitrogens with zero attached hydrogens (tertiary/aromatic N) is 1. The molecular weight excluding hydrogens is 294 g/mol. The van der Waals surface area contributed by atoms with Crippen LogP contribution in [-0.2, 0) is 16.0 Å². The molecule has 0 heterocycles. The first-order valence-corrected chi connectivity index (χ1v) is 7.97. The SMILES string of the molecule is CCN(CC)[C@@H](C)CNC(=O)COc1ccc(CC(N)=O)cc1. The van der Waals surface area contributed by atoms with Crippen molar-refractivity contribution in [2.45, 2.75) is 33.2 Å². The smallest absolute Gasteiger partial charge is 0.257 e. The van der Waals surface area contributed by atoms with Crippen LogP contribution in [0.4, 0.5) is 0 Å². The molecule has 23 heavy (non-hydrogen) atoms. The molecule has 0 aromatic heterocycles. The number of rotatable bonds is 10. The Labute approximate surface area is 138 Å². The van der Waals surface area contributed by atoms with Crippen LogP contribution in [0.1, 0.15) is 26.3 Å². The van der Waals surface area contributed by atoms with E-state index in [-0.39, 0.29) is 24.8 Å². The Kier molecular flexibility index (Phi) is 8.11. The molecule has 0 saturated heterocycles. The summed E-state index contributed by atoms with van der Waals surface area (Å²) in [4.78, 5) is 24.9. The number of nitrogens with two attached hydrogens (primary N) is 1. The van der Waals surface area contributed by atoms with E-state index in [0.717, 1.165) is 18.7 Å². The number of carbonyl (C=O) groups excluding carboxylic acids is 2. The number of amides is 2. The van der Waals surface area contributed by atoms with Crippen molar-refractivity contribution in [3.63, 3.8) is 0 Å². The molecule has 0 fully saturated rings. The predicted molar refractivity (Wildman–Crippen MR) is 90.2 cm³/mol. The molecule has 6 heteroatoms. The minimum atomic E-state index is -0.375. The molecule has 0 aliphatic rings. The summed E-state index contributed by atoms with van der Waals surface area (Å²) < 4.78 is 5.43. The summed E-state index contributed by atoms with van der Waals surface area (Å²) in [6.45, 7) is 8.79. The van der Waals surface area contributed by atoms with Crippen molar-refractivity contribution >= 4 is 11.8 Å². The van der Waals surface area contributed by atoms with Gasteiger partial charge in [0.2, 0.25) is 5.91 Å². The minimum Gasteiger partial charge on any atom is -0.484 e. The van der Waals surface area contributed by atoms with E-state index in [1.807, 2.05) is 0 Å². The fourth-order valence-corrected chi connectivity index (χ4v) is 2.34. The molecule has 3 N–H and O–H groups in total. The molecule has 128 valence electrons. The lowest BCUT2D eigenvalue weighted by molar-refractivity contribution is -0.123. The number of hydrogen-bond acceptors (Lipinski definition) is 4. The van der Waals surface area contributed by atoms with Gasteiger partial charge in [0, 0.05) is 12.6 Å². The van der Waals surface area contributed by atoms with Crippen molar-refractivity contribution in [1.82, 2.24) is 10.2 Å². The van der Waals surface area contributed by atoms with Gasteiger partial charge in [-0.2, -0.15) is 0 Å². The van der Waals surface area contributed by atoms with Crippen molar-refractivity contribution in [3.05, 3.63) is 29.8 Å². The Hall–Kier alpha value is -2.08. The minimum absolute atomic E-state index is 0.0276. The van der Waals surface area contributed by atoms with Gasteiger partial charge in [0.1, 0.15) is 5.75 Å². The summed E-state index contributed by atoms with van der Waals surface area (Å²) in [7, 11) is 0. The van der Waals surface area contributed by atoms with E-state index in [1.165, 1.54) is 0 Å². The molecule has 1 aromatic carbocycles. The highest BCUT2D eigenvalue weighted by atomic mass is 16.5. The second-order valence-corrected chi connectivity index (χ2v) is 5.45. The normalized spacial score (nSPS) is 12.0. The van der Waals surface area contributed by atoms with E-state index in [0.29, 0.717) is 18.3 Å². The highest BCUT2D eigenvalue weighted by molar-refractivity contribution is 5.77. The zero-order valence-electron chi connectivity index (χ0n) is 14.2. The number of hydrogen-bond donors (Lipinski definition) is 2. The Morgan fingerprint density at radius 2 is 1.83 bits per heavy atom. The molecule has 0 unspecified atom stereocenters. The zero-order valence-corrected chi connectivity index (χ0v) is 14.2. The number of carbonyl (C=O) groups is 2. The maximum absolute atomic E-state index is 11.8. The van der Waals surface area contributed by atoms with Crippen LogP contribution in [0.3, 0.4) is 0 Å². The molecule has 2 amide bonds. The third kappa shape index (κ3) is 7.15. The van der Waals surface area contributed by atoms with Crippen LogP contribution in [0.25, 0.3) is 0 Å². The zero-order chi connectivity index (χ0) is 17.2. The van der Waals surface area contributed by atoms with Gasteiger partial charge in [-0.3, -0.25) is 14.5 Å². The van der Waals surface area contributed by atoms with Gasteiger partial charge in [-0.05, 0) is 37.7 Å². The van der Waals surface area contributed by atoms with E-state index in [4.69, 9.17) is 10.5 Å². The van der Waals surface area contributed by atoms with E-state index < -0.39 is 0 Å². The summed E-state index contributed by atoms with van der Waals surface area (Å²) >= 11 is 0. The second kappa shape index (κ2) is 9.84. The van der Waals surface area contributed by atoms with Crippen LogP contribution in [0, 0.1) is 0 Å². The number of nitrogens with one attached hydrogen (secondary N) is 1. The van der Waals surface area contributed by atoms with Crippen LogP contribution in [0.15, 0.2) is 24.3 Å². The standard InChI is InChI=1S/C17H27N3O3/c1-4-20(5-2)13(3)11-19-17(22)12-23-15-8-6-14(7-9-15)10-16(18)21/h6-9,13H,4-5,10-12H2,1-3H3,(H2,18,21)(H,19,22)/t13-/m0/s1. The molecule has 0 spiro atoms. The molecule has 6 nitrogen and oxygen atoms in total. The first-order chi connectivity index (χ1) is 11.0. The van der Waals surface area contributed by atoms with E-state index in [9.17, 15) is 9.59 Å². The van der Waals surface area contributed by atoms with Crippen molar-refractivity contribution in [2.24, 2.45) is 5.73 Å². The quantitative estimate of drug-likeness (QED) is 0.672. The van der Waals surface area contributed by atoms with Crippen LogP contribution in [0.2, 0.25) is 0 Å². The van der Waals surface area contributed by atoms with Gasteiger partial charge in [0.25, 0.3) is 5.91 Å². The molecule has 0 aliphatic heterocycles. The van der Waals surface area contributed by atoms with Gasteiger partial charge in [-0.25, -0.2) is 0 Å². The van der Waals surface area contributed by atoms with Gasteiger partial charge in [0.15, 0.2) is 6.61 Å². The summed E-state index contributed by atoms with van der Waals surface area (Å²) in [5.74, 6) is 0.0655. The lowest BCUT2D eigenvalue weighted by Crippen LogP contribution is -2.43. The number of benzene rings is 1. The monoisotopic (exact) mass is 321 g/mol. The molecule has 1 aromatic rings. The summed E-state index contributed by atoms with van der Waals surface area (Å²) in [6.07, 6.45) is 0.198. The Morgan fingerprint density at radius 3 is 2.35 bits per heavy atom. The third-order valence-electron chi connectivity index (χ3n) is 3.70. The molecule has 0 saturated carbocycles. The van der Waals surface area contributed by atoms with E-state index in [1.54, 1.807) is 24.3 Å². The largest absolute Gasteiger partial charge is 0.484 e. The maximum Gasteiger partial charge on any atom is 0.257 e. The van der Waals surface area contributed by atoms with Crippen molar-refractivity contribution in [2.75, 3.05) is 26.2 Å². The third-order valence-corrected chi connectivity index (χ3v) is 3.70. The van der Waals surface area contributed by atoms with Gasteiger partial charge < -0.3 is 15.8 Å². The lowest BCUT2D eigenvalue weighted by Gasteiger charge is -2.26. The topological polar surface area (TPSA) is 84.7 Å². The summed E-state index contributed by atoms with van der Waals surface area (Å²) in [5, 5.41) is 2.87. The molecular formula is C17H27N3O3. The van der Waals surface area contributed by atoms with Gasteiger partial charge in [-0.15, -0.1) is 0 Å². The molecule has 1 rings (SSSR count). The average Bonchev–Trinajstić information content (AvgIpc) is 2.53. The summed E-state index contributed by atoms with van der Waals surface area (Å²) in [5.41, 5.74) is 5.95. The number of likely N-dealkylation sites (N-methyl/N-ethyl adjacent to an activating group) is 1. The van der Waals surface area contributed by atoms with Gasteiger partial charge in [0.05, 0.1) is 6.42 Å². The van der Waals surface area contributed by atoms with Crippen molar-refractivity contribution in [3.8, 4) is 5.75 Å². The molecule has 0 radical (unpaired) electrons. The maximum atomic E-state index is 11.8. The first kappa shape index (κ1) is 19.0. The second-order valence-electron chi connectivity index (χ2n) is 5.45. The average molecular weight is 321 g/mol. The van der Waals surface area contributed by atoms with E-state index in [2.05, 4.69) is 31.0 Å². The van der Waals surface area contributed by atoms with Crippen LogP contribution >= 0.6 is 0 Å². The number of primary amides is 1. The Morgan fingerprint density at radius 1 is 1.22 bits per heavy atom. The van der Waals surface area contributed by atoms with Gasteiger partial charge in [-0.1, -0.05) is 26.0 Å². The fraction of sp³-hybridized carbons (Fsp3) is 0.529. The van der Waals surface area contributed by atoms with Crippen LogP contribution in [-0.4, -0.2) is 49.0 Å². The van der Waals surface area contributed by atoms with Crippen LogP contribution < -0.4 is 15.8 Å². The predicted octanol–water partition coefficient (Wildman–Crippen LogP) is 0.940. The van der Waals surface area contributed by atoms with Gasteiger partial charge >= 0.3 is 0 Å². The highest BCUT2D eigenvalue weighted by Gasteiger charge is 2.11. The molecule has 1 atom stereocenters. The molecule has 0 bridgehead atoms. The highest BCUT2D eigenvalue weighted by Crippen LogP contribution is 2.12. The van der Waals surface area contributed by atoms with Crippen molar-refractivity contribution < 1.29 is 14.3 Å². The fourth-order valence-electron chi connectivity index (χ4n) is 2.34. The lowest BCUT2D eigenvalue weighted by atomic mass is 10.1. The first-order valence-electron chi connectivity index (χ1n) is 7.97. The van der Waals surface area contributed by atoms with Crippen molar-refractivity contribution in [1.29, 1.82) is 0 Å². The number of ether oxygens (including phenoxy) is 1.